The first-order valence-corrected chi connectivity index (χ1v) is 8.49. The predicted molar refractivity (Wildman–Crippen MR) is 85.8 cm³/mol. The van der Waals surface area contributed by atoms with Crippen molar-refractivity contribution in [3.05, 3.63) is 66.2 Å². The highest BCUT2D eigenvalue weighted by Gasteiger charge is 2.16. The summed E-state index contributed by atoms with van der Waals surface area (Å²) in [6.45, 7) is 3.72. The Morgan fingerprint density at radius 3 is 2.32 bits per heavy atom. The highest BCUT2D eigenvalue weighted by atomic mass is 32.2. The van der Waals surface area contributed by atoms with E-state index in [4.69, 9.17) is 9.02 Å². The first-order valence-electron chi connectivity index (χ1n) is 6.26. The number of ether oxygens (including phenoxy) is 1. The molecular weight excluding hydrogens is 322 g/mol. The van der Waals surface area contributed by atoms with E-state index >= 15 is 0 Å². The van der Waals surface area contributed by atoms with E-state index in [9.17, 15) is 8.42 Å². The van der Waals surface area contributed by atoms with Crippen LogP contribution in [0, 0.1) is 0 Å². The maximum absolute atomic E-state index is 12.0. The Hall–Kier alpha value is -1.96. The molecule has 7 heteroatoms. The minimum Gasteiger partial charge on any atom is -0.497 e. The molecule has 0 atom stereocenters. The van der Waals surface area contributed by atoms with Gasteiger partial charge >= 0.3 is 10.1 Å². The van der Waals surface area contributed by atoms with E-state index in [1.54, 1.807) is 12.1 Å². The number of hydrogen-bond acceptors (Lipinski definition) is 6. The van der Waals surface area contributed by atoms with Gasteiger partial charge in [0.25, 0.3) is 0 Å². The molecule has 0 bridgehead atoms. The van der Waals surface area contributed by atoms with Gasteiger partial charge in [-0.1, -0.05) is 36.5 Å². The van der Waals surface area contributed by atoms with Gasteiger partial charge in [-0.3, -0.25) is 0 Å². The summed E-state index contributed by atoms with van der Waals surface area (Å²) in [4.78, 5) is 0.948. The van der Waals surface area contributed by atoms with E-state index < -0.39 is 10.1 Å². The van der Waals surface area contributed by atoms with Gasteiger partial charge in [-0.05, 0) is 36.4 Å². The minimum atomic E-state index is -3.91. The number of rotatable bonds is 7. The fourth-order valence-corrected chi connectivity index (χ4v) is 3.03. The van der Waals surface area contributed by atoms with Crippen LogP contribution in [0.4, 0.5) is 0 Å². The first kappa shape index (κ1) is 16.4. The summed E-state index contributed by atoms with van der Waals surface area (Å²) >= 11 is 1.27. The highest BCUT2D eigenvalue weighted by Crippen LogP contribution is 2.23. The third-order valence-electron chi connectivity index (χ3n) is 2.60. The van der Waals surface area contributed by atoms with Crippen LogP contribution in [0.15, 0.2) is 76.0 Å². The van der Waals surface area contributed by atoms with E-state index in [2.05, 4.69) is 12.1 Å². The zero-order valence-corrected chi connectivity index (χ0v) is 13.5. The molecule has 0 spiro atoms. The van der Waals surface area contributed by atoms with Crippen molar-refractivity contribution in [2.75, 3.05) is 7.11 Å². The molecule has 0 saturated carbocycles. The summed E-state index contributed by atoms with van der Waals surface area (Å²) in [5, 5.41) is 0.364. The Kier molecular flexibility index (Phi) is 5.48. The van der Waals surface area contributed by atoms with Gasteiger partial charge in [0.2, 0.25) is 0 Å². The van der Waals surface area contributed by atoms with E-state index in [1.807, 2.05) is 30.3 Å². The second kappa shape index (κ2) is 7.35. The lowest BCUT2D eigenvalue weighted by Gasteiger charge is -2.09. The molecule has 0 unspecified atom stereocenters. The molecule has 0 radical (unpaired) electrons. The molecule has 1 N–H and O–H groups in total. The van der Waals surface area contributed by atoms with Crippen molar-refractivity contribution < 1.29 is 17.4 Å². The van der Waals surface area contributed by atoms with Gasteiger partial charge in [0.15, 0.2) is 0 Å². The molecule has 0 heterocycles. The van der Waals surface area contributed by atoms with Crippen LogP contribution < -0.4 is 10.2 Å². The zero-order valence-electron chi connectivity index (χ0n) is 11.9. The Labute approximate surface area is 134 Å². The van der Waals surface area contributed by atoms with Crippen molar-refractivity contribution in [1.29, 1.82) is 0 Å². The van der Waals surface area contributed by atoms with Gasteiger partial charge in [-0.2, -0.15) is 8.42 Å². The Morgan fingerprint density at radius 2 is 1.73 bits per heavy atom. The van der Waals surface area contributed by atoms with Crippen molar-refractivity contribution in [1.82, 2.24) is 5.48 Å². The van der Waals surface area contributed by atoms with Crippen molar-refractivity contribution >= 4 is 21.9 Å². The molecule has 2 aromatic rings. The van der Waals surface area contributed by atoms with Crippen LogP contribution in [0.3, 0.4) is 0 Å². The number of methoxy groups -OCH3 is 1. The first-order chi connectivity index (χ1) is 10.5. The van der Waals surface area contributed by atoms with E-state index in [0.717, 1.165) is 4.90 Å². The fourth-order valence-electron chi connectivity index (χ4n) is 1.54. The molecule has 0 amide bonds. The number of nitrogens with one attached hydrogen (secondary N) is 1. The van der Waals surface area contributed by atoms with Gasteiger partial charge in [-0.25, -0.2) is 5.48 Å². The largest absolute Gasteiger partial charge is 0.497 e. The lowest BCUT2D eigenvalue weighted by molar-refractivity contribution is 0.246. The molecule has 0 aliphatic carbocycles. The zero-order chi connectivity index (χ0) is 16.0. The summed E-state index contributed by atoms with van der Waals surface area (Å²) in [5.74, 6) is 0.566. The van der Waals surface area contributed by atoms with Crippen LogP contribution in [0.2, 0.25) is 0 Å². The maximum atomic E-state index is 12.0. The molecular formula is C15H15NO4S2. The normalized spacial score (nSPS) is 11.0. The second-order valence-corrected chi connectivity index (χ2v) is 6.87. The molecule has 5 nitrogen and oxygen atoms in total. The van der Waals surface area contributed by atoms with Crippen LogP contribution in [0.25, 0.3) is 0 Å². The molecule has 0 aromatic heterocycles. The number of hydroxylamine groups is 1. The summed E-state index contributed by atoms with van der Waals surface area (Å²) < 4.78 is 33.8. The minimum absolute atomic E-state index is 0.0262. The molecule has 22 heavy (non-hydrogen) atoms. The second-order valence-electron chi connectivity index (χ2n) is 4.15. The Bertz CT molecular complexity index is 728. The quantitative estimate of drug-likeness (QED) is 0.618. The summed E-state index contributed by atoms with van der Waals surface area (Å²) in [7, 11) is -2.41. The third-order valence-corrected chi connectivity index (χ3v) is 4.59. The third kappa shape index (κ3) is 4.52. The van der Waals surface area contributed by atoms with Crippen LogP contribution >= 0.6 is 11.8 Å². The maximum Gasteiger partial charge on any atom is 0.317 e. The average molecular weight is 337 g/mol. The molecule has 116 valence electrons. The monoisotopic (exact) mass is 337 g/mol. The van der Waals surface area contributed by atoms with Gasteiger partial charge in [0, 0.05) is 4.90 Å². The molecule has 2 aromatic carbocycles. The topological polar surface area (TPSA) is 64.6 Å². The predicted octanol–water partition coefficient (Wildman–Crippen LogP) is 3.17. The van der Waals surface area contributed by atoms with Gasteiger partial charge in [0.1, 0.15) is 5.75 Å². The Balaban J connectivity index is 1.95. The van der Waals surface area contributed by atoms with E-state index in [0.29, 0.717) is 10.8 Å². The smallest absolute Gasteiger partial charge is 0.317 e. The van der Waals surface area contributed by atoms with Crippen molar-refractivity contribution in [3.8, 4) is 5.75 Å². The van der Waals surface area contributed by atoms with E-state index in [-0.39, 0.29) is 4.90 Å². The molecule has 2 rings (SSSR count). The van der Waals surface area contributed by atoms with Crippen molar-refractivity contribution in [3.63, 3.8) is 0 Å². The standard InChI is InChI=1S/C15H15NO4S2/c1-12(21-14-6-4-3-5-7-14)16-20-22(17,18)15-10-8-13(19-2)9-11-15/h3-11,16H,1H2,2H3. The van der Waals surface area contributed by atoms with Crippen LogP contribution in [0.5, 0.6) is 5.75 Å². The highest BCUT2D eigenvalue weighted by molar-refractivity contribution is 8.03. The summed E-state index contributed by atoms with van der Waals surface area (Å²) in [6, 6.07) is 15.3. The Morgan fingerprint density at radius 1 is 1.09 bits per heavy atom. The molecule has 0 aliphatic rings. The van der Waals surface area contributed by atoms with Crippen molar-refractivity contribution in [2.24, 2.45) is 0 Å². The number of thioether (sulfide) groups is 1. The fraction of sp³-hybridized carbons (Fsp3) is 0.0667. The lowest BCUT2D eigenvalue weighted by Crippen LogP contribution is -2.18. The van der Waals surface area contributed by atoms with Crippen molar-refractivity contribution in [2.45, 2.75) is 9.79 Å². The summed E-state index contributed by atoms with van der Waals surface area (Å²) in [6.07, 6.45) is 0. The molecule has 0 saturated heterocycles. The van der Waals surface area contributed by atoms with E-state index in [1.165, 1.54) is 31.0 Å². The lowest BCUT2D eigenvalue weighted by atomic mass is 10.3. The van der Waals surface area contributed by atoms with Crippen LogP contribution in [-0.4, -0.2) is 15.5 Å². The van der Waals surface area contributed by atoms with Crippen LogP contribution in [0.1, 0.15) is 0 Å². The SMILES string of the molecule is C=C(NOS(=O)(=O)c1ccc(OC)cc1)Sc1ccccc1. The average Bonchev–Trinajstić information content (AvgIpc) is 2.54. The van der Waals surface area contributed by atoms with Gasteiger partial charge < -0.3 is 4.74 Å². The van der Waals surface area contributed by atoms with Gasteiger partial charge in [0.05, 0.1) is 17.0 Å². The van der Waals surface area contributed by atoms with Crippen LogP contribution in [-0.2, 0) is 14.4 Å². The summed E-state index contributed by atoms with van der Waals surface area (Å²) in [5.41, 5.74) is 2.35. The number of hydrogen-bond donors (Lipinski definition) is 1. The number of benzene rings is 2. The van der Waals surface area contributed by atoms with Gasteiger partial charge in [-0.15, -0.1) is 4.28 Å². The molecule has 0 fully saturated rings. The molecule has 0 aliphatic heterocycles.